The van der Waals surface area contributed by atoms with Gasteiger partial charge in [0.15, 0.2) is 5.13 Å². The number of thiazole rings is 1. The molecule has 3 heterocycles. The molecule has 0 unspecified atom stereocenters. The lowest BCUT2D eigenvalue weighted by Crippen LogP contribution is -2.54. The maximum absolute atomic E-state index is 13.2. The van der Waals surface area contributed by atoms with Gasteiger partial charge in [-0.15, -0.1) is 11.3 Å². The molecule has 1 fully saturated rings. The van der Waals surface area contributed by atoms with Crippen molar-refractivity contribution >= 4 is 49.0 Å². The summed E-state index contributed by atoms with van der Waals surface area (Å²) < 4.78 is 68.6. The highest BCUT2D eigenvalue weighted by molar-refractivity contribution is 7.93. The van der Waals surface area contributed by atoms with Gasteiger partial charge >= 0.3 is 6.18 Å². The van der Waals surface area contributed by atoms with Crippen LogP contribution in [-0.2, 0) is 27.5 Å². The number of nitrogens with zero attached hydrogens (tertiary/aromatic N) is 4. The number of hydrogen-bond acceptors (Lipinski definition) is 6. The van der Waals surface area contributed by atoms with Crippen LogP contribution in [0.5, 0.6) is 0 Å². The molecule has 2 aromatic heterocycles. The van der Waals surface area contributed by atoms with Crippen LogP contribution >= 0.6 is 11.3 Å². The Morgan fingerprint density at radius 1 is 1.13 bits per heavy atom. The van der Waals surface area contributed by atoms with Crippen LogP contribution in [0.4, 0.5) is 24.0 Å². The number of alkyl halides is 3. The zero-order chi connectivity index (χ0) is 27.1. The molecular formula is C25H24F3N5O3S2. The molecule has 1 aliphatic heterocycles. The predicted molar refractivity (Wildman–Crippen MR) is 140 cm³/mol. The number of piperazine rings is 1. The SMILES string of the molecule is C[C@H]1CN(c2ccc(S(=O)(=O)Nc3nccs3)cc2)CCN1C(=O)Cn1ccc2ccc(C(F)(F)F)cc21. The molecule has 200 valence electrons. The van der Waals surface area contributed by atoms with Crippen molar-refractivity contribution in [3.8, 4) is 0 Å². The number of benzene rings is 2. The first-order valence-corrected chi connectivity index (χ1v) is 14.1. The number of fused-ring (bicyclic) bond motifs is 1. The molecule has 1 atom stereocenters. The Labute approximate surface area is 221 Å². The van der Waals surface area contributed by atoms with Crippen LogP contribution in [0.2, 0.25) is 0 Å². The Hall–Kier alpha value is -3.58. The summed E-state index contributed by atoms with van der Waals surface area (Å²) >= 11 is 1.19. The van der Waals surface area contributed by atoms with Gasteiger partial charge < -0.3 is 14.4 Å². The number of hydrogen-bond donors (Lipinski definition) is 1. The van der Waals surface area contributed by atoms with Crippen molar-refractivity contribution < 1.29 is 26.4 Å². The molecule has 0 bridgehead atoms. The van der Waals surface area contributed by atoms with E-state index >= 15 is 0 Å². The van der Waals surface area contributed by atoms with Crippen molar-refractivity contribution in [2.75, 3.05) is 29.3 Å². The number of anilines is 2. The molecule has 4 aromatic rings. The Kier molecular flexibility index (Phi) is 6.82. The average Bonchev–Trinajstić information content (AvgIpc) is 3.53. The monoisotopic (exact) mass is 563 g/mol. The number of aromatic nitrogens is 2. The fourth-order valence-corrected chi connectivity index (χ4v) is 6.37. The van der Waals surface area contributed by atoms with Gasteiger partial charge in [-0.05, 0) is 54.8 Å². The summed E-state index contributed by atoms with van der Waals surface area (Å²) in [4.78, 5) is 21.0. The highest BCUT2D eigenvalue weighted by Crippen LogP contribution is 2.32. The van der Waals surface area contributed by atoms with E-state index in [0.717, 1.165) is 17.8 Å². The number of sulfonamides is 1. The van der Waals surface area contributed by atoms with Crippen molar-refractivity contribution in [1.82, 2.24) is 14.5 Å². The van der Waals surface area contributed by atoms with Crippen molar-refractivity contribution in [1.29, 1.82) is 0 Å². The molecule has 0 aliphatic carbocycles. The van der Waals surface area contributed by atoms with E-state index in [9.17, 15) is 26.4 Å². The number of halogens is 3. The van der Waals surface area contributed by atoms with Crippen molar-refractivity contribution in [2.45, 2.75) is 30.6 Å². The van der Waals surface area contributed by atoms with Gasteiger partial charge in [0.25, 0.3) is 10.0 Å². The standard InChI is InChI=1S/C25H24F3N5O3S2/c1-17-15-31(20-4-6-21(7-5-20)38(35,36)30-24-29-9-13-37-24)11-12-33(17)23(34)16-32-10-8-18-2-3-19(14-22(18)32)25(26,27)28/h2-10,13-14,17H,11-12,15-16H2,1H3,(H,29,30)/t17-/m0/s1. The molecule has 0 saturated carbocycles. The first-order valence-electron chi connectivity index (χ1n) is 11.7. The summed E-state index contributed by atoms with van der Waals surface area (Å²) in [5.74, 6) is -0.179. The fourth-order valence-electron chi connectivity index (χ4n) is 4.58. The van der Waals surface area contributed by atoms with E-state index < -0.39 is 21.8 Å². The third-order valence-corrected chi connectivity index (χ3v) is 8.69. The van der Waals surface area contributed by atoms with E-state index in [1.807, 2.05) is 6.92 Å². The Morgan fingerprint density at radius 2 is 1.89 bits per heavy atom. The van der Waals surface area contributed by atoms with E-state index in [1.165, 1.54) is 35.7 Å². The van der Waals surface area contributed by atoms with Gasteiger partial charge in [0.05, 0.1) is 10.5 Å². The second-order valence-corrected chi connectivity index (χ2v) is 11.6. The van der Waals surface area contributed by atoms with Crippen molar-refractivity contribution in [3.05, 3.63) is 71.9 Å². The van der Waals surface area contributed by atoms with E-state index in [0.29, 0.717) is 30.5 Å². The van der Waals surface area contributed by atoms with E-state index in [-0.39, 0.29) is 28.5 Å². The third kappa shape index (κ3) is 5.34. The van der Waals surface area contributed by atoms with Gasteiger partial charge in [0.1, 0.15) is 6.54 Å². The highest BCUT2D eigenvalue weighted by atomic mass is 32.2. The summed E-state index contributed by atoms with van der Waals surface area (Å²) in [6.45, 7) is 3.34. The van der Waals surface area contributed by atoms with Crippen molar-refractivity contribution in [3.63, 3.8) is 0 Å². The van der Waals surface area contributed by atoms with Crippen LogP contribution in [0.3, 0.4) is 0 Å². The topological polar surface area (TPSA) is 87.5 Å². The minimum absolute atomic E-state index is 0.0617. The molecule has 38 heavy (non-hydrogen) atoms. The van der Waals surface area contributed by atoms with Crippen LogP contribution in [0.1, 0.15) is 12.5 Å². The Morgan fingerprint density at radius 3 is 2.55 bits per heavy atom. The van der Waals surface area contributed by atoms with Crippen LogP contribution in [0.15, 0.2) is 71.2 Å². The largest absolute Gasteiger partial charge is 0.416 e. The van der Waals surface area contributed by atoms with Crippen LogP contribution in [-0.4, -0.2) is 54.5 Å². The maximum atomic E-state index is 13.2. The van der Waals surface area contributed by atoms with Crippen molar-refractivity contribution in [2.24, 2.45) is 0 Å². The molecule has 8 nitrogen and oxygen atoms in total. The molecule has 1 saturated heterocycles. The minimum Gasteiger partial charge on any atom is -0.368 e. The first kappa shape index (κ1) is 26.0. The van der Waals surface area contributed by atoms with Crippen LogP contribution < -0.4 is 9.62 Å². The lowest BCUT2D eigenvalue weighted by Gasteiger charge is -2.41. The molecule has 0 spiro atoms. The highest BCUT2D eigenvalue weighted by Gasteiger charge is 2.31. The smallest absolute Gasteiger partial charge is 0.368 e. The van der Waals surface area contributed by atoms with Gasteiger partial charge in [-0.2, -0.15) is 13.2 Å². The lowest BCUT2D eigenvalue weighted by molar-refractivity contribution is -0.137. The maximum Gasteiger partial charge on any atom is 0.416 e. The quantitative estimate of drug-likeness (QED) is 0.369. The van der Waals surface area contributed by atoms with E-state index in [1.54, 1.807) is 39.2 Å². The predicted octanol–water partition coefficient (Wildman–Crippen LogP) is 4.65. The van der Waals surface area contributed by atoms with Gasteiger partial charge in [-0.1, -0.05) is 6.07 Å². The summed E-state index contributed by atoms with van der Waals surface area (Å²) in [6, 6.07) is 11.6. The summed E-state index contributed by atoms with van der Waals surface area (Å²) in [5.41, 5.74) is 0.434. The van der Waals surface area contributed by atoms with E-state index in [4.69, 9.17) is 0 Å². The molecule has 1 N–H and O–H groups in total. The Balaban J connectivity index is 1.24. The number of rotatable bonds is 6. The summed E-state index contributed by atoms with van der Waals surface area (Å²) in [7, 11) is -3.75. The molecule has 1 aliphatic rings. The number of carbonyl (C=O) groups is 1. The zero-order valence-electron chi connectivity index (χ0n) is 20.2. The van der Waals surface area contributed by atoms with Gasteiger partial charge in [0, 0.05) is 54.7 Å². The molecular weight excluding hydrogens is 539 g/mol. The summed E-state index contributed by atoms with van der Waals surface area (Å²) in [6.07, 6.45) is -1.32. The summed E-state index contributed by atoms with van der Waals surface area (Å²) in [5, 5.41) is 2.60. The second kappa shape index (κ2) is 9.95. The molecule has 1 amide bonds. The molecule has 2 aromatic carbocycles. The first-order chi connectivity index (χ1) is 18.0. The number of nitrogens with one attached hydrogen (secondary N) is 1. The molecule has 0 radical (unpaired) electrons. The number of amides is 1. The molecule has 13 heteroatoms. The fraction of sp³-hybridized carbons (Fsp3) is 0.280. The van der Waals surface area contributed by atoms with Crippen LogP contribution in [0.25, 0.3) is 10.9 Å². The van der Waals surface area contributed by atoms with Crippen LogP contribution in [0, 0.1) is 0 Å². The van der Waals surface area contributed by atoms with Gasteiger partial charge in [-0.25, -0.2) is 13.4 Å². The lowest BCUT2D eigenvalue weighted by atomic mass is 10.1. The van der Waals surface area contributed by atoms with Gasteiger partial charge in [-0.3, -0.25) is 9.52 Å². The average molecular weight is 564 g/mol. The zero-order valence-corrected chi connectivity index (χ0v) is 21.9. The number of carbonyl (C=O) groups excluding carboxylic acids is 1. The third-order valence-electron chi connectivity index (χ3n) is 6.52. The normalized spacial score (nSPS) is 16.7. The van der Waals surface area contributed by atoms with E-state index in [2.05, 4.69) is 14.6 Å². The molecule has 5 rings (SSSR count). The second-order valence-electron chi connectivity index (χ2n) is 9.03. The minimum atomic E-state index is -4.46. The van der Waals surface area contributed by atoms with Gasteiger partial charge in [0.2, 0.25) is 5.91 Å². The Bertz CT molecular complexity index is 1550.